The monoisotopic (exact) mass is 203 g/mol. The summed E-state index contributed by atoms with van der Waals surface area (Å²) in [6, 6.07) is 6.63. The Balaban J connectivity index is 2.78. The van der Waals surface area contributed by atoms with E-state index in [0.717, 1.165) is 11.8 Å². The first-order valence-corrected chi connectivity index (χ1v) is 4.42. The number of fused-ring (bicyclic) bond motifs is 1. The van der Waals surface area contributed by atoms with Crippen molar-refractivity contribution in [2.24, 2.45) is 5.16 Å². The third kappa shape index (κ3) is 1.74. The van der Waals surface area contributed by atoms with Gasteiger partial charge in [0, 0.05) is 6.07 Å². The molecule has 0 fully saturated rings. The molecule has 0 saturated heterocycles. The van der Waals surface area contributed by atoms with E-state index in [1.165, 1.54) is 6.07 Å². The van der Waals surface area contributed by atoms with Gasteiger partial charge in [0.05, 0.1) is 5.39 Å². The van der Waals surface area contributed by atoms with E-state index in [4.69, 9.17) is 9.62 Å². The van der Waals surface area contributed by atoms with Crippen molar-refractivity contribution < 1.29 is 9.62 Å². The van der Waals surface area contributed by atoms with Gasteiger partial charge in [-0.1, -0.05) is 16.8 Å². The van der Waals surface area contributed by atoms with Crippen LogP contribution in [-0.2, 0) is 0 Å². The molecule has 1 aromatic carbocycles. The summed E-state index contributed by atoms with van der Waals surface area (Å²) in [4.78, 5) is 11.6. The predicted octanol–water partition coefficient (Wildman–Crippen LogP) is 1.91. The highest BCUT2D eigenvalue weighted by atomic mass is 16.4. The largest absolute Gasteiger partial charge is 0.455 e. The molecular formula is C11H9NO3. The molecule has 0 amide bonds. The lowest BCUT2D eigenvalue weighted by atomic mass is 10.1. The van der Waals surface area contributed by atoms with Gasteiger partial charge in [0.25, 0.3) is 0 Å². The second-order valence-electron chi connectivity index (χ2n) is 3.26. The topological polar surface area (TPSA) is 62.8 Å². The first-order chi connectivity index (χ1) is 7.20. The van der Waals surface area contributed by atoms with Gasteiger partial charge in [-0.25, -0.2) is 0 Å². The molecule has 2 rings (SSSR count). The Morgan fingerprint density at radius 3 is 2.93 bits per heavy atom. The molecule has 1 N–H and O–H groups in total. The Kier molecular flexibility index (Phi) is 2.25. The molecule has 0 saturated carbocycles. The van der Waals surface area contributed by atoms with Crippen molar-refractivity contribution in [3.63, 3.8) is 0 Å². The summed E-state index contributed by atoms with van der Waals surface area (Å²) in [6.07, 6.45) is 1.08. The summed E-state index contributed by atoms with van der Waals surface area (Å²) in [5.74, 6) is 0.235. The third-order valence-corrected chi connectivity index (χ3v) is 2.09. The van der Waals surface area contributed by atoms with Crippen molar-refractivity contribution in [2.75, 3.05) is 0 Å². The van der Waals surface area contributed by atoms with E-state index in [9.17, 15) is 4.79 Å². The van der Waals surface area contributed by atoms with E-state index in [-0.39, 0.29) is 11.2 Å². The fourth-order valence-corrected chi connectivity index (χ4v) is 1.41. The van der Waals surface area contributed by atoms with E-state index in [1.807, 2.05) is 13.0 Å². The second-order valence-corrected chi connectivity index (χ2v) is 3.26. The molecule has 0 radical (unpaired) electrons. The molecule has 0 aliphatic carbocycles. The minimum atomic E-state index is -0.144. The van der Waals surface area contributed by atoms with Crippen LogP contribution in [0.15, 0.2) is 38.6 Å². The first kappa shape index (κ1) is 9.45. The number of nitrogens with zero attached hydrogens (tertiary/aromatic N) is 1. The average Bonchev–Trinajstić information content (AvgIpc) is 2.20. The van der Waals surface area contributed by atoms with Crippen molar-refractivity contribution in [1.82, 2.24) is 0 Å². The van der Waals surface area contributed by atoms with Crippen LogP contribution in [0.1, 0.15) is 11.3 Å². The standard InChI is InChI=1S/C11H9NO3/c1-7-2-3-11-9(4-7)10(13)5-8(15-11)6-12-14/h2-6,14H,1H3. The predicted molar refractivity (Wildman–Crippen MR) is 56.6 cm³/mol. The molecule has 1 aromatic heterocycles. The molecule has 0 unspecified atom stereocenters. The van der Waals surface area contributed by atoms with Crippen molar-refractivity contribution >= 4 is 17.2 Å². The van der Waals surface area contributed by atoms with Gasteiger partial charge < -0.3 is 9.62 Å². The minimum absolute atomic E-state index is 0.144. The Morgan fingerprint density at radius 2 is 2.20 bits per heavy atom. The van der Waals surface area contributed by atoms with E-state index < -0.39 is 0 Å². The molecule has 0 atom stereocenters. The summed E-state index contributed by atoms with van der Waals surface area (Å²) in [5, 5.41) is 11.7. The molecule has 4 heteroatoms. The van der Waals surface area contributed by atoms with E-state index in [0.29, 0.717) is 11.0 Å². The lowest BCUT2D eigenvalue weighted by molar-refractivity contribution is 0.321. The molecule has 76 valence electrons. The van der Waals surface area contributed by atoms with Crippen molar-refractivity contribution in [3.05, 3.63) is 45.8 Å². The number of hydrogen-bond donors (Lipinski definition) is 1. The van der Waals surface area contributed by atoms with E-state index in [1.54, 1.807) is 12.1 Å². The highest BCUT2D eigenvalue weighted by Gasteiger charge is 2.03. The van der Waals surface area contributed by atoms with Crippen molar-refractivity contribution in [3.8, 4) is 0 Å². The van der Waals surface area contributed by atoms with Gasteiger partial charge in [-0.15, -0.1) is 0 Å². The molecule has 15 heavy (non-hydrogen) atoms. The third-order valence-electron chi connectivity index (χ3n) is 2.09. The second kappa shape index (κ2) is 3.57. The highest BCUT2D eigenvalue weighted by Crippen LogP contribution is 2.13. The Bertz CT molecular complexity index is 584. The minimum Gasteiger partial charge on any atom is -0.455 e. The molecule has 1 heterocycles. The molecule has 0 aliphatic heterocycles. The van der Waals surface area contributed by atoms with Gasteiger partial charge >= 0.3 is 0 Å². The maximum Gasteiger partial charge on any atom is 0.193 e. The quantitative estimate of drug-likeness (QED) is 0.437. The van der Waals surface area contributed by atoms with Crippen LogP contribution in [0, 0.1) is 6.92 Å². The maximum absolute atomic E-state index is 11.6. The Hall–Kier alpha value is -2.10. The zero-order valence-electron chi connectivity index (χ0n) is 8.10. The van der Waals surface area contributed by atoms with Crippen LogP contribution in [0.3, 0.4) is 0 Å². The lowest BCUT2D eigenvalue weighted by Gasteiger charge is -1.99. The van der Waals surface area contributed by atoms with Crippen LogP contribution >= 0.6 is 0 Å². The first-order valence-electron chi connectivity index (χ1n) is 4.42. The smallest absolute Gasteiger partial charge is 0.193 e. The van der Waals surface area contributed by atoms with Crippen LogP contribution in [0.2, 0.25) is 0 Å². The van der Waals surface area contributed by atoms with Gasteiger partial charge in [0.1, 0.15) is 11.8 Å². The van der Waals surface area contributed by atoms with Crippen LogP contribution in [0.25, 0.3) is 11.0 Å². The van der Waals surface area contributed by atoms with E-state index in [2.05, 4.69) is 5.16 Å². The highest BCUT2D eigenvalue weighted by molar-refractivity contribution is 5.82. The fourth-order valence-electron chi connectivity index (χ4n) is 1.41. The molecule has 0 spiro atoms. The van der Waals surface area contributed by atoms with Gasteiger partial charge in [-0.3, -0.25) is 4.79 Å². The summed E-state index contributed by atoms with van der Waals surface area (Å²) in [7, 11) is 0. The Morgan fingerprint density at radius 1 is 1.40 bits per heavy atom. The van der Waals surface area contributed by atoms with Gasteiger partial charge in [0.2, 0.25) is 0 Å². The number of rotatable bonds is 1. The van der Waals surface area contributed by atoms with E-state index >= 15 is 0 Å². The maximum atomic E-state index is 11.6. The summed E-state index contributed by atoms with van der Waals surface area (Å²) >= 11 is 0. The summed E-state index contributed by atoms with van der Waals surface area (Å²) in [6.45, 7) is 1.90. The number of oxime groups is 1. The fraction of sp³-hybridized carbons (Fsp3) is 0.0909. The zero-order valence-corrected chi connectivity index (χ0v) is 8.10. The normalized spacial score (nSPS) is 11.3. The Labute approximate surface area is 85.5 Å². The van der Waals surface area contributed by atoms with Crippen molar-refractivity contribution in [1.29, 1.82) is 0 Å². The molecule has 2 aromatic rings. The van der Waals surface area contributed by atoms with Gasteiger partial charge in [0.15, 0.2) is 11.2 Å². The van der Waals surface area contributed by atoms with Crippen LogP contribution in [0.5, 0.6) is 0 Å². The lowest BCUT2D eigenvalue weighted by Crippen LogP contribution is -2.01. The van der Waals surface area contributed by atoms with Crippen molar-refractivity contribution in [2.45, 2.75) is 6.92 Å². The number of hydrogen-bond acceptors (Lipinski definition) is 4. The van der Waals surface area contributed by atoms with Crippen LogP contribution < -0.4 is 5.43 Å². The molecule has 4 nitrogen and oxygen atoms in total. The molecular weight excluding hydrogens is 194 g/mol. The van der Waals surface area contributed by atoms with Gasteiger partial charge in [-0.2, -0.15) is 0 Å². The van der Waals surface area contributed by atoms with Crippen LogP contribution in [-0.4, -0.2) is 11.4 Å². The molecule has 0 bridgehead atoms. The van der Waals surface area contributed by atoms with Crippen LogP contribution in [0.4, 0.5) is 0 Å². The number of aryl methyl sites for hydroxylation is 1. The average molecular weight is 203 g/mol. The number of benzene rings is 1. The molecule has 0 aliphatic rings. The van der Waals surface area contributed by atoms with Gasteiger partial charge in [-0.05, 0) is 19.1 Å². The summed E-state index contributed by atoms with van der Waals surface area (Å²) in [5.41, 5.74) is 1.34. The summed E-state index contributed by atoms with van der Waals surface area (Å²) < 4.78 is 5.33. The SMILES string of the molecule is Cc1ccc2oc(C=NO)cc(=O)c2c1. The zero-order chi connectivity index (χ0) is 10.8.